The Labute approximate surface area is 116 Å². The predicted octanol–water partition coefficient (Wildman–Crippen LogP) is 1.66. The third kappa shape index (κ3) is 2.63. The van der Waals surface area contributed by atoms with E-state index in [4.69, 9.17) is 21.1 Å². The van der Waals surface area contributed by atoms with Gasteiger partial charge in [-0.3, -0.25) is 0 Å². The lowest BCUT2D eigenvalue weighted by atomic mass is 10.1. The molecule has 1 N–H and O–H groups in total. The second-order valence-corrected chi connectivity index (χ2v) is 5.13. The normalized spacial score (nSPS) is 18.8. The summed E-state index contributed by atoms with van der Waals surface area (Å²) < 4.78 is 24.7. The standard InChI is InChI=1S/C13H16ClFN2O2/c14-10-7-11-13(19-8-18-11)9(12(10)15)1-4-17-5-2-16-3-6-17/h7,16H,1-6,8H2. The minimum Gasteiger partial charge on any atom is -0.454 e. The van der Waals surface area contributed by atoms with Gasteiger partial charge in [0.1, 0.15) is 5.82 Å². The third-order valence-electron chi connectivity index (χ3n) is 3.54. The van der Waals surface area contributed by atoms with E-state index in [0.717, 1.165) is 32.7 Å². The van der Waals surface area contributed by atoms with Crippen LogP contribution >= 0.6 is 11.6 Å². The van der Waals surface area contributed by atoms with Crippen molar-refractivity contribution in [2.45, 2.75) is 6.42 Å². The molecule has 0 aliphatic carbocycles. The maximum Gasteiger partial charge on any atom is 0.231 e. The van der Waals surface area contributed by atoms with Crippen molar-refractivity contribution in [2.75, 3.05) is 39.5 Å². The van der Waals surface area contributed by atoms with Crippen LogP contribution in [0.1, 0.15) is 5.56 Å². The number of nitrogens with zero attached hydrogens (tertiary/aromatic N) is 1. The highest BCUT2D eigenvalue weighted by molar-refractivity contribution is 6.31. The Kier molecular flexibility index (Phi) is 3.77. The molecular formula is C13H16ClFN2O2. The largest absolute Gasteiger partial charge is 0.454 e. The Bertz CT molecular complexity index is 478. The minimum atomic E-state index is -0.388. The van der Waals surface area contributed by atoms with Gasteiger partial charge in [-0.05, 0) is 6.42 Å². The van der Waals surface area contributed by atoms with E-state index in [1.807, 2.05) is 0 Å². The van der Waals surface area contributed by atoms with Gasteiger partial charge in [-0.2, -0.15) is 0 Å². The first kappa shape index (κ1) is 13.0. The molecular weight excluding hydrogens is 271 g/mol. The van der Waals surface area contributed by atoms with Crippen LogP contribution in [0.3, 0.4) is 0 Å². The number of hydrogen-bond donors (Lipinski definition) is 1. The van der Waals surface area contributed by atoms with Gasteiger partial charge in [0.15, 0.2) is 11.5 Å². The highest BCUT2D eigenvalue weighted by Gasteiger charge is 2.24. The number of nitrogens with one attached hydrogen (secondary N) is 1. The van der Waals surface area contributed by atoms with Gasteiger partial charge in [0.05, 0.1) is 5.02 Å². The van der Waals surface area contributed by atoms with Crippen molar-refractivity contribution in [3.63, 3.8) is 0 Å². The molecule has 0 aromatic heterocycles. The molecule has 2 aliphatic rings. The Morgan fingerprint density at radius 1 is 1.32 bits per heavy atom. The van der Waals surface area contributed by atoms with Crippen LogP contribution in [0.4, 0.5) is 4.39 Å². The van der Waals surface area contributed by atoms with Crippen molar-refractivity contribution in [1.29, 1.82) is 0 Å². The number of piperazine rings is 1. The van der Waals surface area contributed by atoms with E-state index < -0.39 is 0 Å². The van der Waals surface area contributed by atoms with E-state index in [9.17, 15) is 4.39 Å². The van der Waals surface area contributed by atoms with E-state index in [0.29, 0.717) is 23.5 Å². The summed E-state index contributed by atoms with van der Waals surface area (Å²) in [4.78, 5) is 2.30. The molecule has 2 heterocycles. The SMILES string of the molecule is Fc1c(Cl)cc2c(c1CCN1CCNCC1)OCO2. The molecule has 1 aromatic rings. The van der Waals surface area contributed by atoms with Gasteiger partial charge in [0.2, 0.25) is 6.79 Å². The van der Waals surface area contributed by atoms with Crippen molar-refractivity contribution in [1.82, 2.24) is 10.2 Å². The fourth-order valence-electron chi connectivity index (χ4n) is 2.48. The third-order valence-corrected chi connectivity index (χ3v) is 3.81. The average Bonchev–Trinajstić information content (AvgIpc) is 2.88. The van der Waals surface area contributed by atoms with Gasteiger partial charge in [0, 0.05) is 44.4 Å². The molecule has 1 saturated heterocycles. The molecule has 0 atom stereocenters. The van der Waals surface area contributed by atoms with E-state index in [1.165, 1.54) is 6.07 Å². The lowest BCUT2D eigenvalue weighted by Crippen LogP contribution is -2.44. The first-order valence-corrected chi connectivity index (χ1v) is 6.83. The summed E-state index contributed by atoms with van der Waals surface area (Å²) in [7, 11) is 0. The molecule has 19 heavy (non-hydrogen) atoms. The lowest BCUT2D eigenvalue weighted by molar-refractivity contribution is 0.172. The Morgan fingerprint density at radius 2 is 2.11 bits per heavy atom. The molecule has 0 bridgehead atoms. The van der Waals surface area contributed by atoms with E-state index >= 15 is 0 Å². The van der Waals surface area contributed by atoms with Crippen molar-refractivity contribution < 1.29 is 13.9 Å². The topological polar surface area (TPSA) is 33.7 Å². The highest BCUT2D eigenvalue weighted by Crippen LogP contribution is 2.40. The molecule has 1 fully saturated rings. The number of ether oxygens (including phenoxy) is 2. The molecule has 0 spiro atoms. The zero-order valence-electron chi connectivity index (χ0n) is 10.5. The molecule has 0 radical (unpaired) electrons. The first-order valence-electron chi connectivity index (χ1n) is 6.45. The summed E-state index contributed by atoms with van der Waals surface area (Å²) in [6, 6.07) is 1.48. The fourth-order valence-corrected chi connectivity index (χ4v) is 2.69. The van der Waals surface area contributed by atoms with Gasteiger partial charge in [-0.15, -0.1) is 0 Å². The van der Waals surface area contributed by atoms with Crippen molar-refractivity contribution >= 4 is 11.6 Å². The second-order valence-electron chi connectivity index (χ2n) is 4.73. The summed E-state index contributed by atoms with van der Waals surface area (Å²) >= 11 is 5.88. The molecule has 3 rings (SSSR count). The highest BCUT2D eigenvalue weighted by atomic mass is 35.5. The van der Waals surface area contributed by atoms with Crippen molar-refractivity contribution in [3.05, 3.63) is 22.5 Å². The molecule has 0 amide bonds. The van der Waals surface area contributed by atoms with Crippen molar-refractivity contribution in [2.24, 2.45) is 0 Å². The van der Waals surface area contributed by atoms with E-state index in [-0.39, 0.29) is 17.6 Å². The smallest absolute Gasteiger partial charge is 0.231 e. The van der Waals surface area contributed by atoms with Crippen molar-refractivity contribution in [3.8, 4) is 11.5 Å². The summed E-state index contributed by atoms with van der Waals surface area (Å²) in [6.45, 7) is 4.87. The fraction of sp³-hybridized carbons (Fsp3) is 0.538. The predicted molar refractivity (Wildman–Crippen MR) is 70.5 cm³/mol. The van der Waals surface area contributed by atoms with Crippen LogP contribution in [0.15, 0.2) is 6.07 Å². The molecule has 0 unspecified atom stereocenters. The summed E-state index contributed by atoms with van der Waals surface area (Å²) in [5, 5.41) is 3.39. The van der Waals surface area contributed by atoms with Gasteiger partial charge >= 0.3 is 0 Å². The van der Waals surface area contributed by atoms with E-state index in [2.05, 4.69) is 10.2 Å². The van der Waals surface area contributed by atoms with E-state index in [1.54, 1.807) is 0 Å². The monoisotopic (exact) mass is 286 g/mol. The number of halogens is 2. The number of fused-ring (bicyclic) bond motifs is 1. The molecule has 4 nitrogen and oxygen atoms in total. The molecule has 0 saturated carbocycles. The molecule has 104 valence electrons. The number of rotatable bonds is 3. The van der Waals surface area contributed by atoms with Crippen LogP contribution in [-0.4, -0.2) is 44.4 Å². The van der Waals surface area contributed by atoms with Gasteiger partial charge in [-0.1, -0.05) is 11.6 Å². The van der Waals surface area contributed by atoms with Crippen LogP contribution < -0.4 is 14.8 Å². The maximum atomic E-state index is 14.1. The summed E-state index contributed by atoms with van der Waals surface area (Å²) in [6.07, 6.45) is 0.581. The van der Waals surface area contributed by atoms with Gasteiger partial charge in [-0.25, -0.2) is 4.39 Å². The van der Waals surface area contributed by atoms with Crippen LogP contribution in [-0.2, 0) is 6.42 Å². The molecule has 2 aliphatic heterocycles. The number of benzene rings is 1. The van der Waals surface area contributed by atoms with Crippen LogP contribution in [0.2, 0.25) is 5.02 Å². The Morgan fingerprint density at radius 3 is 2.89 bits per heavy atom. The average molecular weight is 287 g/mol. The number of hydrogen-bond acceptors (Lipinski definition) is 4. The van der Waals surface area contributed by atoms with Crippen LogP contribution in [0.25, 0.3) is 0 Å². The zero-order valence-corrected chi connectivity index (χ0v) is 11.3. The maximum absolute atomic E-state index is 14.1. The zero-order chi connectivity index (χ0) is 13.2. The van der Waals surface area contributed by atoms with Gasteiger partial charge < -0.3 is 19.7 Å². The minimum absolute atomic E-state index is 0.0968. The lowest BCUT2D eigenvalue weighted by Gasteiger charge is -2.27. The van der Waals surface area contributed by atoms with Crippen LogP contribution in [0, 0.1) is 5.82 Å². The first-order chi connectivity index (χ1) is 9.25. The Hall–Kier alpha value is -1.04. The van der Waals surface area contributed by atoms with Crippen LogP contribution in [0.5, 0.6) is 11.5 Å². The van der Waals surface area contributed by atoms with Gasteiger partial charge in [0.25, 0.3) is 0 Å². The Balaban J connectivity index is 1.76. The molecule has 1 aromatic carbocycles. The quantitative estimate of drug-likeness (QED) is 0.916. The molecule has 6 heteroatoms. The summed E-state index contributed by atoms with van der Waals surface area (Å²) in [5.41, 5.74) is 0.526. The summed E-state index contributed by atoms with van der Waals surface area (Å²) in [5.74, 6) is 0.666. The second kappa shape index (κ2) is 5.53.